The Labute approximate surface area is 153 Å². The van der Waals surface area contributed by atoms with Gasteiger partial charge >= 0.3 is 0 Å². The van der Waals surface area contributed by atoms with Gasteiger partial charge in [0.15, 0.2) is 5.82 Å². The summed E-state index contributed by atoms with van der Waals surface area (Å²) in [7, 11) is 0. The number of nitrogens with zero attached hydrogens (tertiary/aromatic N) is 3. The van der Waals surface area contributed by atoms with E-state index >= 15 is 0 Å². The van der Waals surface area contributed by atoms with Crippen LogP contribution < -0.4 is 10.6 Å². The smallest absolute Gasteiger partial charge is 0.275 e. The molecule has 0 radical (unpaired) electrons. The Bertz CT molecular complexity index is 942. The zero-order valence-electron chi connectivity index (χ0n) is 13.3. The van der Waals surface area contributed by atoms with Crippen LogP contribution in [0, 0.1) is 13.8 Å². The number of halogens is 2. The molecule has 0 saturated carbocycles. The molecular formula is C16H13Cl2N5O2. The average molecular weight is 378 g/mol. The highest BCUT2D eigenvalue weighted by molar-refractivity contribution is 6.42. The SMILES string of the molecule is Cc1nc(Nc2ccc(Cl)c(Cl)c2)cc(C(=O)Nc2cc(C)on2)n1. The fourth-order valence-electron chi connectivity index (χ4n) is 2.08. The number of aromatic nitrogens is 3. The third-order valence-corrected chi connectivity index (χ3v) is 3.87. The summed E-state index contributed by atoms with van der Waals surface area (Å²) < 4.78 is 4.92. The van der Waals surface area contributed by atoms with Gasteiger partial charge in [0.1, 0.15) is 23.1 Å². The predicted molar refractivity (Wildman–Crippen MR) is 95.7 cm³/mol. The van der Waals surface area contributed by atoms with E-state index in [4.69, 9.17) is 27.7 Å². The van der Waals surface area contributed by atoms with Gasteiger partial charge in [0.05, 0.1) is 10.0 Å². The molecule has 0 saturated heterocycles. The molecule has 7 nitrogen and oxygen atoms in total. The first-order valence-corrected chi connectivity index (χ1v) is 7.99. The molecule has 0 fully saturated rings. The number of amides is 1. The molecular weight excluding hydrogens is 365 g/mol. The summed E-state index contributed by atoms with van der Waals surface area (Å²) in [5.41, 5.74) is 0.877. The summed E-state index contributed by atoms with van der Waals surface area (Å²) in [4.78, 5) is 20.7. The molecule has 0 bridgehead atoms. The molecule has 0 unspecified atom stereocenters. The van der Waals surface area contributed by atoms with Gasteiger partial charge < -0.3 is 15.2 Å². The second-order valence-electron chi connectivity index (χ2n) is 5.22. The van der Waals surface area contributed by atoms with Gasteiger partial charge in [-0.15, -0.1) is 0 Å². The zero-order valence-corrected chi connectivity index (χ0v) is 14.8. The highest BCUT2D eigenvalue weighted by Crippen LogP contribution is 2.26. The van der Waals surface area contributed by atoms with Crippen LogP contribution in [0.5, 0.6) is 0 Å². The number of carbonyl (C=O) groups is 1. The maximum atomic E-state index is 12.3. The first-order valence-electron chi connectivity index (χ1n) is 7.23. The van der Waals surface area contributed by atoms with Crippen molar-refractivity contribution < 1.29 is 9.32 Å². The predicted octanol–water partition coefficient (Wildman–Crippen LogP) is 4.38. The highest BCUT2D eigenvalue weighted by Gasteiger charge is 2.13. The molecule has 0 aliphatic rings. The number of nitrogens with one attached hydrogen (secondary N) is 2. The standard InChI is InChI=1S/C16H13Cl2N5O2/c1-8-5-15(23-25-8)22-16(24)13-7-14(20-9(2)19-13)21-10-3-4-11(17)12(18)6-10/h3-7H,1-2H3,(H,19,20,21)(H,22,23,24). The molecule has 0 atom stereocenters. The van der Waals surface area contributed by atoms with Crippen molar-refractivity contribution in [2.45, 2.75) is 13.8 Å². The Hall–Kier alpha value is -2.64. The van der Waals surface area contributed by atoms with Crippen LogP contribution in [-0.4, -0.2) is 21.0 Å². The van der Waals surface area contributed by atoms with Crippen LogP contribution in [0.25, 0.3) is 0 Å². The van der Waals surface area contributed by atoms with Crippen molar-refractivity contribution in [3.8, 4) is 0 Å². The Morgan fingerprint density at radius 3 is 2.52 bits per heavy atom. The highest BCUT2D eigenvalue weighted by atomic mass is 35.5. The first-order chi connectivity index (χ1) is 11.9. The summed E-state index contributed by atoms with van der Waals surface area (Å²) in [5.74, 6) is 1.38. The van der Waals surface area contributed by atoms with E-state index in [0.717, 1.165) is 0 Å². The number of hydrogen-bond donors (Lipinski definition) is 2. The molecule has 0 aliphatic heterocycles. The Morgan fingerprint density at radius 1 is 1.04 bits per heavy atom. The molecule has 2 heterocycles. The van der Waals surface area contributed by atoms with Crippen LogP contribution in [0.2, 0.25) is 10.0 Å². The molecule has 3 rings (SSSR count). The lowest BCUT2D eigenvalue weighted by atomic mass is 10.3. The van der Waals surface area contributed by atoms with E-state index in [9.17, 15) is 4.79 Å². The topological polar surface area (TPSA) is 92.9 Å². The van der Waals surface area contributed by atoms with Gasteiger partial charge in [-0.3, -0.25) is 4.79 Å². The summed E-state index contributed by atoms with van der Waals surface area (Å²) in [6.07, 6.45) is 0. The van der Waals surface area contributed by atoms with Gasteiger partial charge in [0, 0.05) is 17.8 Å². The van der Waals surface area contributed by atoms with E-state index in [1.54, 1.807) is 38.1 Å². The van der Waals surface area contributed by atoms with Crippen LogP contribution in [-0.2, 0) is 0 Å². The number of anilines is 3. The third-order valence-electron chi connectivity index (χ3n) is 3.13. The molecule has 0 aliphatic carbocycles. The lowest BCUT2D eigenvalue weighted by Gasteiger charge is -2.09. The average Bonchev–Trinajstić information content (AvgIpc) is 2.95. The quantitative estimate of drug-likeness (QED) is 0.700. The summed E-state index contributed by atoms with van der Waals surface area (Å²) in [6.45, 7) is 3.42. The van der Waals surface area contributed by atoms with Gasteiger partial charge in [-0.2, -0.15) is 0 Å². The van der Waals surface area contributed by atoms with E-state index in [1.807, 2.05) is 0 Å². The van der Waals surface area contributed by atoms with Gasteiger partial charge in [-0.05, 0) is 32.0 Å². The van der Waals surface area contributed by atoms with Crippen molar-refractivity contribution in [3.63, 3.8) is 0 Å². The lowest BCUT2D eigenvalue weighted by molar-refractivity contribution is 0.102. The Balaban J connectivity index is 1.82. The van der Waals surface area contributed by atoms with Crippen molar-refractivity contribution >= 4 is 46.4 Å². The van der Waals surface area contributed by atoms with Crippen LogP contribution >= 0.6 is 23.2 Å². The van der Waals surface area contributed by atoms with Crippen molar-refractivity contribution in [1.29, 1.82) is 0 Å². The van der Waals surface area contributed by atoms with Crippen molar-refractivity contribution in [2.75, 3.05) is 10.6 Å². The molecule has 2 N–H and O–H groups in total. The number of carbonyl (C=O) groups excluding carboxylic acids is 1. The first kappa shape index (κ1) is 17.2. The van der Waals surface area contributed by atoms with Gasteiger partial charge in [0.2, 0.25) is 0 Å². The zero-order chi connectivity index (χ0) is 18.0. The number of hydrogen-bond acceptors (Lipinski definition) is 6. The molecule has 3 aromatic rings. The minimum atomic E-state index is -0.420. The second-order valence-corrected chi connectivity index (χ2v) is 6.03. The summed E-state index contributed by atoms with van der Waals surface area (Å²) in [5, 5.41) is 10.3. The van der Waals surface area contributed by atoms with Crippen molar-refractivity contribution in [1.82, 2.24) is 15.1 Å². The van der Waals surface area contributed by atoms with E-state index in [-0.39, 0.29) is 5.69 Å². The van der Waals surface area contributed by atoms with Gasteiger partial charge in [-0.25, -0.2) is 9.97 Å². The van der Waals surface area contributed by atoms with Crippen molar-refractivity contribution in [2.24, 2.45) is 0 Å². The van der Waals surface area contributed by atoms with E-state index in [0.29, 0.717) is 39.0 Å². The normalized spacial score (nSPS) is 10.6. The van der Waals surface area contributed by atoms with Crippen LogP contribution in [0.4, 0.5) is 17.3 Å². The maximum Gasteiger partial charge on any atom is 0.275 e. The number of rotatable bonds is 4. The lowest BCUT2D eigenvalue weighted by Crippen LogP contribution is -2.15. The van der Waals surface area contributed by atoms with Crippen LogP contribution in [0.3, 0.4) is 0 Å². The van der Waals surface area contributed by atoms with E-state index in [1.165, 1.54) is 6.07 Å². The fourth-order valence-corrected chi connectivity index (χ4v) is 2.37. The molecule has 25 heavy (non-hydrogen) atoms. The van der Waals surface area contributed by atoms with Crippen LogP contribution in [0.15, 0.2) is 34.9 Å². The van der Waals surface area contributed by atoms with Gasteiger partial charge in [0.25, 0.3) is 5.91 Å². The number of aryl methyl sites for hydroxylation is 2. The monoisotopic (exact) mass is 377 g/mol. The fraction of sp³-hybridized carbons (Fsp3) is 0.125. The molecule has 0 spiro atoms. The van der Waals surface area contributed by atoms with Gasteiger partial charge in [-0.1, -0.05) is 28.4 Å². The molecule has 9 heteroatoms. The van der Waals surface area contributed by atoms with Crippen LogP contribution in [0.1, 0.15) is 22.1 Å². The van der Waals surface area contributed by atoms with Crippen molar-refractivity contribution in [3.05, 3.63) is 57.7 Å². The third kappa shape index (κ3) is 4.26. The molecule has 2 aromatic heterocycles. The van der Waals surface area contributed by atoms with E-state index in [2.05, 4.69) is 25.8 Å². The summed E-state index contributed by atoms with van der Waals surface area (Å²) >= 11 is 11.9. The summed E-state index contributed by atoms with van der Waals surface area (Å²) in [6, 6.07) is 8.22. The largest absolute Gasteiger partial charge is 0.360 e. The molecule has 1 amide bonds. The molecule has 1 aromatic carbocycles. The molecule has 128 valence electrons. The van der Waals surface area contributed by atoms with E-state index < -0.39 is 5.91 Å². The maximum absolute atomic E-state index is 12.3. The minimum Gasteiger partial charge on any atom is -0.360 e. The number of benzene rings is 1. The minimum absolute atomic E-state index is 0.190. The second kappa shape index (κ2) is 7.08. The Kier molecular flexibility index (Phi) is 4.87. The Morgan fingerprint density at radius 2 is 1.84 bits per heavy atom.